The van der Waals surface area contributed by atoms with Crippen LogP contribution in [-0.4, -0.2) is 35.4 Å². The fraction of sp³-hybridized carbons (Fsp3) is 0.364. The molecule has 2 heterocycles. The average Bonchev–Trinajstić information content (AvgIpc) is 2.85. The van der Waals surface area contributed by atoms with Crippen LogP contribution in [0.25, 0.3) is 10.2 Å². The van der Waals surface area contributed by atoms with Gasteiger partial charge in [0.15, 0.2) is 5.17 Å². The van der Waals surface area contributed by atoms with E-state index in [1.165, 1.54) is 23.1 Å². The van der Waals surface area contributed by atoms with Crippen LogP contribution in [0.3, 0.4) is 0 Å². The number of methoxy groups -OCH3 is 1. The fourth-order valence-electron chi connectivity index (χ4n) is 1.43. The Morgan fingerprint density at radius 1 is 1.65 bits per heavy atom. The Hall–Kier alpha value is -1.09. The number of aliphatic imine (C=N–C) groups is 1. The second-order valence-corrected chi connectivity index (χ2v) is 5.56. The van der Waals surface area contributed by atoms with E-state index in [1.807, 2.05) is 11.4 Å². The van der Waals surface area contributed by atoms with E-state index in [0.29, 0.717) is 34.6 Å². The summed E-state index contributed by atoms with van der Waals surface area (Å²) in [6, 6.07) is 1.83. The summed E-state index contributed by atoms with van der Waals surface area (Å²) in [6.07, 6.45) is 0. The van der Waals surface area contributed by atoms with Gasteiger partial charge < -0.3 is 15.5 Å². The Kier molecular flexibility index (Phi) is 7.00. The lowest BCUT2D eigenvalue weighted by atomic mass is 10.4. The SMILES string of the molecule is COCCN=C(N)SCc1nc2ccsc2c(=O)[nH]1.Cl. The van der Waals surface area contributed by atoms with E-state index in [-0.39, 0.29) is 18.0 Å². The number of rotatable bonds is 5. The highest BCUT2D eigenvalue weighted by Gasteiger charge is 2.05. The minimum Gasteiger partial charge on any atom is -0.383 e. The third-order valence-electron chi connectivity index (χ3n) is 2.28. The van der Waals surface area contributed by atoms with Crippen LogP contribution in [0.5, 0.6) is 0 Å². The predicted molar refractivity (Wildman–Crippen MR) is 87.1 cm³/mol. The molecule has 2 rings (SSSR count). The third kappa shape index (κ3) is 4.48. The van der Waals surface area contributed by atoms with Crippen LogP contribution in [-0.2, 0) is 10.5 Å². The minimum atomic E-state index is -0.106. The monoisotopic (exact) mass is 334 g/mol. The number of H-pyrrole nitrogens is 1. The fourth-order valence-corrected chi connectivity index (χ4v) is 2.75. The zero-order valence-electron chi connectivity index (χ0n) is 10.8. The smallest absolute Gasteiger partial charge is 0.268 e. The molecule has 0 atom stereocenters. The van der Waals surface area contributed by atoms with Crippen molar-refractivity contribution < 1.29 is 4.74 Å². The third-order valence-corrected chi connectivity index (χ3v) is 4.03. The topological polar surface area (TPSA) is 93.4 Å². The lowest BCUT2D eigenvalue weighted by Crippen LogP contribution is -2.13. The first-order valence-electron chi connectivity index (χ1n) is 5.58. The number of nitrogens with two attached hydrogens (primary N) is 1. The molecule has 0 amide bonds. The molecule has 20 heavy (non-hydrogen) atoms. The van der Waals surface area contributed by atoms with Gasteiger partial charge in [-0.2, -0.15) is 0 Å². The van der Waals surface area contributed by atoms with Crippen LogP contribution in [0, 0.1) is 0 Å². The van der Waals surface area contributed by atoms with Crippen molar-refractivity contribution in [1.82, 2.24) is 9.97 Å². The van der Waals surface area contributed by atoms with Gasteiger partial charge in [-0.3, -0.25) is 9.79 Å². The summed E-state index contributed by atoms with van der Waals surface area (Å²) >= 11 is 2.73. The number of thiophene rings is 1. The van der Waals surface area contributed by atoms with Gasteiger partial charge >= 0.3 is 0 Å². The molecule has 110 valence electrons. The second-order valence-electron chi connectivity index (χ2n) is 3.65. The molecule has 0 aliphatic heterocycles. The molecule has 0 aromatic carbocycles. The zero-order chi connectivity index (χ0) is 13.7. The molecule has 2 aromatic rings. The normalized spacial score (nSPS) is 11.6. The van der Waals surface area contributed by atoms with Gasteiger partial charge in [-0.15, -0.1) is 23.7 Å². The molecule has 0 bridgehead atoms. The highest BCUT2D eigenvalue weighted by Crippen LogP contribution is 2.15. The molecular weight excluding hydrogens is 320 g/mol. The average molecular weight is 335 g/mol. The maximum absolute atomic E-state index is 11.7. The summed E-state index contributed by atoms with van der Waals surface area (Å²) in [5, 5.41) is 2.31. The quantitative estimate of drug-likeness (QED) is 0.492. The van der Waals surface area contributed by atoms with Crippen molar-refractivity contribution in [3.63, 3.8) is 0 Å². The number of ether oxygens (including phenoxy) is 1. The molecule has 2 aromatic heterocycles. The minimum absolute atomic E-state index is 0. The van der Waals surface area contributed by atoms with Crippen LogP contribution in [0.15, 0.2) is 21.2 Å². The molecule has 0 saturated carbocycles. The number of nitrogens with zero attached hydrogens (tertiary/aromatic N) is 2. The van der Waals surface area contributed by atoms with Gasteiger partial charge in [0.25, 0.3) is 5.56 Å². The second kappa shape index (κ2) is 8.25. The lowest BCUT2D eigenvalue weighted by Gasteiger charge is -2.01. The molecule has 9 heteroatoms. The van der Waals surface area contributed by atoms with Crippen molar-refractivity contribution in [2.75, 3.05) is 20.3 Å². The van der Waals surface area contributed by atoms with Crippen molar-refractivity contribution in [2.24, 2.45) is 10.7 Å². The summed E-state index contributed by atoms with van der Waals surface area (Å²) in [5.74, 6) is 1.09. The maximum atomic E-state index is 11.7. The van der Waals surface area contributed by atoms with Crippen LogP contribution >= 0.6 is 35.5 Å². The van der Waals surface area contributed by atoms with E-state index >= 15 is 0 Å². The summed E-state index contributed by atoms with van der Waals surface area (Å²) < 4.78 is 5.53. The van der Waals surface area contributed by atoms with Gasteiger partial charge in [0, 0.05) is 7.11 Å². The number of nitrogens with one attached hydrogen (secondary N) is 1. The van der Waals surface area contributed by atoms with Crippen LogP contribution in [0.2, 0.25) is 0 Å². The number of fused-ring (bicyclic) bond motifs is 1. The number of halogens is 1. The number of amidine groups is 1. The number of aromatic nitrogens is 2. The Labute approximate surface area is 130 Å². The van der Waals surface area contributed by atoms with Crippen molar-refractivity contribution in [3.8, 4) is 0 Å². The van der Waals surface area contributed by atoms with Crippen LogP contribution < -0.4 is 11.3 Å². The number of aromatic amines is 1. The first-order chi connectivity index (χ1) is 9.20. The summed E-state index contributed by atoms with van der Waals surface area (Å²) in [5.41, 5.74) is 6.35. The molecule has 0 saturated heterocycles. The Bertz CT molecular complexity index is 641. The van der Waals surface area contributed by atoms with Gasteiger partial charge in [-0.05, 0) is 11.4 Å². The highest BCUT2D eigenvalue weighted by atomic mass is 35.5. The number of hydrogen-bond donors (Lipinski definition) is 2. The first kappa shape index (κ1) is 17.0. The molecule has 3 N–H and O–H groups in total. The van der Waals surface area contributed by atoms with Crippen molar-refractivity contribution in [3.05, 3.63) is 27.6 Å². The Balaban J connectivity index is 0.00000200. The summed E-state index contributed by atoms with van der Waals surface area (Å²) in [6.45, 7) is 1.07. The van der Waals surface area contributed by atoms with E-state index in [0.717, 1.165) is 5.52 Å². The van der Waals surface area contributed by atoms with Gasteiger partial charge in [0.05, 0.1) is 24.4 Å². The van der Waals surface area contributed by atoms with Crippen LogP contribution in [0.1, 0.15) is 5.82 Å². The summed E-state index contributed by atoms with van der Waals surface area (Å²) in [4.78, 5) is 23.0. The van der Waals surface area contributed by atoms with E-state index < -0.39 is 0 Å². The summed E-state index contributed by atoms with van der Waals surface area (Å²) in [7, 11) is 1.61. The molecular formula is C11H15ClN4O2S2. The standard InChI is InChI=1S/C11H14N4O2S2.ClH/c1-17-4-3-13-11(12)19-6-8-14-7-2-5-18-9(7)10(16)15-8;/h2,5H,3-4,6H2,1H3,(H2,12,13)(H,14,15,16);1H. The van der Waals surface area contributed by atoms with E-state index in [1.54, 1.807) is 7.11 Å². The van der Waals surface area contributed by atoms with Crippen molar-refractivity contribution in [2.45, 2.75) is 5.75 Å². The van der Waals surface area contributed by atoms with E-state index in [4.69, 9.17) is 10.5 Å². The molecule has 0 aliphatic carbocycles. The first-order valence-corrected chi connectivity index (χ1v) is 7.45. The predicted octanol–water partition coefficient (Wildman–Crippen LogP) is 1.60. The Morgan fingerprint density at radius 3 is 3.20 bits per heavy atom. The van der Waals surface area contributed by atoms with Crippen molar-refractivity contribution >= 4 is 50.9 Å². The van der Waals surface area contributed by atoms with Gasteiger partial charge in [0.1, 0.15) is 10.5 Å². The highest BCUT2D eigenvalue weighted by molar-refractivity contribution is 8.13. The van der Waals surface area contributed by atoms with Gasteiger partial charge in [-0.1, -0.05) is 11.8 Å². The molecule has 6 nitrogen and oxygen atoms in total. The number of thioether (sulfide) groups is 1. The van der Waals surface area contributed by atoms with E-state index in [9.17, 15) is 4.79 Å². The zero-order valence-corrected chi connectivity index (χ0v) is 13.2. The van der Waals surface area contributed by atoms with Gasteiger partial charge in [0.2, 0.25) is 0 Å². The molecule has 0 spiro atoms. The molecule has 0 aliphatic rings. The van der Waals surface area contributed by atoms with Crippen LogP contribution in [0.4, 0.5) is 0 Å². The molecule has 0 radical (unpaired) electrons. The largest absolute Gasteiger partial charge is 0.383 e. The molecule has 0 unspecified atom stereocenters. The number of hydrogen-bond acceptors (Lipinski definition) is 6. The maximum Gasteiger partial charge on any atom is 0.268 e. The van der Waals surface area contributed by atoms with Gasteiger partial charge in [-0.25, -0.2) is 4.98 Å². The van der Waals surface area contributed by atoms with E-state index in [2.05, 4.69) is 15.0 Å². The van der Waals surface area contributed by atoms with Crippen molar-refractivity contribution in [1.29, 1.82) is 0 Å². The lowest BCUT2D eigenvalue weighted by molar-refractivity contribution is 0.208. The molecule has 0 fully saturated rings. The Morgan fingerprint density at radius 2 is 2.45 bits per heavy atom.